The molecule has 1 saturated carbocycles. The Kier molecular flexibility index (Phi) is 8.82. The Hall–Kier alpha value is -0.650. The lowest BCUT2D eigenvalue weighted by molar-refractivity contribution is 0.117. The highest BCUT2D eigenvalue weighted by molar-refractivity contribution is 8.02. The van der Waals surface area contributed by atoms with Gasteiger partial charge in [0.25, 0.3) is 0 Å². The topological polar surface area (TPSA) is 24.8 Å². The molecule has 2 aliphatic rings. The summed E-state index contributed by atoms with van der Waals surface area (Å²) >= 11 is 3.73. The first kappa shape index (κ1) is 23.0. The Labute approximate surface area is 186 Å². The van der Waals surface area contributed by atoms with Crippen molar-refractivity contribution in [3.63, 3.8) is 0 Å². The predicted octanol–water partition coefficient (Wildman–Crippen LogP) is 5.67. The van der Waals surface area contributed by atoms with Gasteiger partial charge in [-0.25, -0.2) is 0 Å². The highest BCUT2D eigenvalue weighted by Gasteiger charge is 2.39. The highest BCUT2D eigenvalue weighted by atomic mass is 32.2. The van der Waals surface area contributed by atoms with E-state index in [0.717, 1.165) is 19.6 Å². The fourth-order valence-electron chi connectivity index (χ4n) is 3.78. The van der Waals surface area contributed by atoms with Crippen LogP contribution in [0.2, 0.25) is 0 Å². The number of nitrogens with zero attached hydrogens (tertiary/aromatic N) is 2. The van der Waals surface area contributed by atoms with Crippen molar-refractivity contribution in [1.29, 1.82) is 0 Å². The maximum atomic E-state index is 5.47. The lowest BCUT2D eigenvalue weighted by Gasteiger charge is -2.31. The summed E-state index contributed by atoms with van der Waals surface area (Å²) in [5.74, 6) is 1.74. The molecule has 1 aromatic carbocycles. The van der Waals surface area contributed by atoms with E-state index in [1.807, 2.05) is 11.8 Å². The summed E-state index contributed by atoms with van der Waals surface area (Å²) in [7, 11) is 1.79. The molecule has 1 aliphatic heterocycles. The van der Waals surface area contributed by atoms with Crippen LogP contribution in [0.1, 0.15) is 32.3 Å². The molecule has 0 spiro atoms. The summed E-state index contributed by atoms with van der Waals surface area (Å²) in [5, 5.41) is 9.17. The van der Waals surface area contributed by atoms with Gasteiger partial charge in [0.15, 0.2) is 0 Å². The van der Waals surface area contributed by atoms with Gasteiger partial charge in [0.05, 0.1) is 23.6 Å². The quantitative estimate of drug-likeness (QED) is 0.373. The second kappa shape index (κ2) is 11.1. The molecular weight excluding hydrogens is 396 g/mol. The summed E-state index contributed by atoms with van der Waals surface area (Å²) in [6.45, 7) is 8.50. The normalized spacial score (nSPS) is 22.8. The van der Waals surface area contributed by atoms with Gasteiger partial charge in [-0.3, -0.25) is 5.01 Å². The smallest absolute Gasteiger partial charge is 0.0704 e. The monoisotopic (exact) mass is 429 g/mol. The number of aryl methyl sites for hydroxylation is 1. The van der Waals surface area contributed by atoms with Crippen LogP contribution in [-0.4, -0.2) is 48.5 Å². The molecule has 0 N–H and O–H groups in total. The molecule has 1 aliphatic carbocycles. The maximum Gasteiger partial charge on any atom is 0.0704 e. The van der Waals surface area contributed by atoms with E-state index in [1.165, 1.54) is 33.8 Å². The summed E-state index contributed by atoms with van der Waals surface area (Å²) in [4.78, 5) is 1.30. The lowest BCUT2D eigenvalue weighted by Crippen LogP contribution is -2.36. The van der Waals surface area contributed by atoms with Crippen LogP contribution in [0.4, 0.5) is 0 Å². The van der Waals surface area contributed by atoms with Crippen LogP contribution in [0, 0.1) is 43.3 Å². The Morgan fingerprint density at radius 3 is 2.66 bits per heavy atom. The predicted molar refractivity (Wildman–Crippen MR) is 128 cm³/mol. The molecule has 5 heteroatoms. The number of rotatable bonds is 9. The zero-order valence-corrected chi connectivity index (χ0v) is 19.9. The minimum Gasteiger partial charge on any atom is -0.382 e. The van der Waals surface area contributed by atoms with Crippen LogP contribution in [0.3, 0.4) is 0 Å². The lowest BCUT2D eigenvalue weighted by atomic mass is 9.93. The molecule has 0 bridgehead atoms. The van der Waals surface area contributed by atoms with Gasteiger partial charge in [-0.15, -0.1) is 11.8 Å². The number of hydrazone groups is 1. The van der Waals surface area contributed by atoms with Gasteiger partial charge in [0, 0.05) is 29.7 Å². The van der Waals surface area contributed by atoms with E-state index in [9.17, 15) is 0 Å². The van der Waals surface area contributed by atoms with Crippen molar-refractivity contribution in [2.45, 2.75) is 49.8 Å². The number of benzene rings is 1. The van der Waals surface area contributed by atoms with E-state index < -0.39 is 0 Å². The Morgan fingerprint density at radius 1 is 1.24 bits per heavy atom. The number of methoxy groups -OCH3 is 1. The number of hydrogen-bond acceptors (Lipinski definition) is 5. The van der Waals surface area contributed by atoms with E-state index in [2.05, 4.69) is 75.6 Å². The third kappa shape index (κ3) is 5.95. The number of hydrogen-bond donors (Lipinski definition) is 0. The summed E-state index contributed by atoms with van der Waals surface area (Å²) in [5.41, 5.74) is 2.49. The zero-order valence-electron chi connectivity index (χ0n) is 18.2. The largest absolute Gasteiger partial charge is 0.382 e. The van der Waals surface area contributed by atoms with Gasteiger partial charge in [0.1, 0.15) is 0 Å². The average Bonchev–Trinajstić information content (AvgIpc) is 3.35. The van der Waals surface area contributed by atoms with Crippen LogP contribution >= 0.6 is 23.5 Å². The van der Waals surface area contributed by atoms with Crippen LogP contribution in [0.5, 0.6) is 0 Å². The molecule has 1 heterocycles. The molecule has 0 unspecified atom stereocenters. The second-order valence-corrected chi connectivity index (χ2v) is 10.1. The highest BCUT2D eigenvalue weighted by Crippen LogP contribution is 2.45. The first-order valence-electron chi connectivity index (χ1n) is 10.4. The summed E-state index contributed by atoms with van der Waals surface area (Å²) in [6.07, 6.45) is 11.1. The molecule has 3 rings (SSSR count). The molecule has 3 nitrogen and oxygen atoms in total. The van der Waals surface area contributed by atoms with E-state index >= 15 is 0 Å². The van der Waals surface area contributed by atoms with Crippen molar-refractivity contribution in [2.75, 3.05) is 26.5 Å². The van der Waals surface area contributed by atoms with Gasteiger partial charge in [-0.1, -0.05) is 31.5 Å². The van der Waals surface area contributed by atoms with Gasteiger partial charge in [0.2, 0.25) is 0 Å². The van der Waals surface area contributed by atoms with Crippen LogP contribution < -0.4 is 0 Å². The van der Waals surface area contributed by atoms with Crippen LogP contribution in [0.15, 0.2) is 34.3 Å². The molecule has 2 atom stereocenters. The van der Waals surface area contributed by atoms with Crippen molar-refractivity contribution < 1.29 is 4.74 Å². The number of thioether (sulfide) groups is 2. The van der Waals surface area contributed by atoms with Crippen molar-refractivity contribution in [3.8, 4) is 0 Å². The second-order valence-electron chi connectivity index (χ2n) is 8.00. The zero-order chi connectivity index (χ0) is 20.8. The van der Waals surface area contributed by atoms with Gasteiger partial charge >= 0.3 is 0 Å². The fourth-order valence-corrected chi connectivity index (χ4v) is 5.53. The third-order valence-electron chi connectivity index (χ3n) is 5.37. The fraction of sp³-hybridized carbons (Fsp3) is 0.500. The third-order valence-corrected chi connectivity index (χ3v) is 7.73. The Balaban J connectivity index is 1.92. The summed E-state index contributed by atoms with van der Waals surface area (Å²) in [6, 6.07) is 9.23. The first-order chi connectivity index (χ1) is 14.0. The van der Waals surface area contributed by atoms with Crippen LogP contribution in [0.25, 0.3) is 0 Å². The molecule has 29 heavy (non-hydrogen) atoms. The van der Waals surface area contributed by atoms with Crippen molar-refractivity contribution in [1.82, 2.24) is 5.01 Å². The molecule has 1 aromatic rings. The van der Waals surface area contributed by atoms with E-state index in [1.54, 1.807) is 18.9 Å². The van der Waals surface area contributed by atoms with Gasteiger partial charge < -0.3 is 4.74 Å². The molecule has 1 saturated heterocycles. The molecule has 2 fully saturated rings. The van der Waals surface area contributed by atoms with Gasteiger partial charge in [-0.2, -0.15) is 16.9 Å². The molecule has 0 aromatic heterocycles. The summed E-state index contributed by atoms with van der Waals surface area (Å²) < 4.78 is 5.47. The van der Waals surface area contributed by atoms with Crippen molar-refractivity contribution >= 4 is 29.2 Å². The molecule has 0 amide bonds. The first-order valence-corrected chi connectivity index (χ1v) is 12.5. The minimum atomic E-state index is 0.287. The minimum absolute atomic E-state index is 0.287. The molecular formula is C24H33N2OS2. The van der Waals surface area contributed by atoms with E-state index in [0.29, 0.717) is 12.0 Å². The van der Waals surface area contributed by atoms with Crippen LogP contribution in [-0.2, 0) is 4.74 Å². The Bertz CT molecular complexity index is 661. The maximum absolute atomic E-state index is 5.47. The van der Waals surface area contributed by atoms with E-state index in [-0.39, 0.29) is 5.25 Å². The average molecular weight is 430 g/mol. The Morgan fingerprint density at radius 2 is 2.00 bits per heavy atom. The van der Waals surface area contributed by atoms with Gasteiger partial charge in [-0.05, 0) is 63.3 Å². The number of ether oxygens (including phenoxy) is 1. The molecule has 5 radical (unpaired) electrons. The standard InChI is InChI=1S/C24H33N2OS2/c1-17(2)24(29-20-13-11-18(3)12-14-20)23(21-9-6-10-22(21)28-5)25-26-15-7-8-19(26)16-27-4/h6,9-14,17,19,24H,7-8,15-16H2,1-5H3/b25-23+/t19-,24-/m0/s1. The van der Waals surface area contributed by atoms with Crippen molar-refractivity contribution in [2.24, 2.45) is 11.0 Å². The SMILES string of the molecule is COC[C@@H]1CCCN1/N=C(\[C]1[CH][CH][CH][C]1SC)[C@@H](Sc1ccc(C)cc1)C(C)C. The van der Waals surface area contributed by atoms with E-state index in [4.69, 9.17) is 9.84 Å². The van der Waals surface area contributed by atoms with Crippen molar-refractivity contribution in [3.05, 3.63) is 60.3 Å². The molecule has 157 valence electrons.